The zero-order chi connectivity index (χ0) is 15.2. The number of rotatable bonds is 6. The van der Waals surface area contributed by atoms with E-state index in [1.165, 1.54) is 5.56 Å². The molecule has 0 saturated carbocycles. The molecule has 0 spiro atoms. The Kier molecular flexibility index (Phi) is 5.48. The first-order valence-corrected chi connectivity index (χ1v) is 7.46. The summed E-state index contributed by atoms with van der Waals surface area (Å²) in [6, 6.07) is 14.2. The zero-order valence-corrected chi connectivity index (χ0v) is 13.1. The highest BCUT2D eigenvalue weighted by Crippen LogP contribution is 2.16. The third kappa shape index (κ3) is 4.66. The van der Waals surface area contributed by atoms with Gasteiger partial charge in [-0.1, -0.05) is 37.3 Å². The predicted molar refractivity (Wildman–Crippen MR) is 86.1 cm³/mol. The number of hydrogen-bond donors (Lipinski definition) is 1. The summed E-state index contributed by atoms with van der Waals surface area (Å²) in [5, 5.41) is 10.3. The fourth-order valence-electron chi connectivity index (χ4n) is 2.40. The van der Waals surface area contributed by atoms with Crippen molar-refractivity contribution >= 4 is 0 Å². The maximum absolute atomic E-state index is 10.3. The Hall–Kier alpha value is -1.71. The van der Waals surface area contributed by atoms with E-state index in [0.29, 0.717) is 6.54 Å². The summed E-state index contributed by atoms with van der Waals surface area (Å²) in [6.45, 7) is 5.47. The lowest BCUT2D eigenvalue weighted by Crippen LogP contribution is -2.24. The van der Waals surface area contributed by atoms with Gasteiger partial charge in [-0.3, -0.25) is 9.88 Å². The molecule has 0 radical (unpaired) electrons. The van der Waals surface area contributed by atoms with E-state index in [1.807, 2.05) is 44.3 Å². The average molecular weight is 284 g/mol. The summed E-state index contributed by atoms with van der Waals surface area (Å²) in [6.07, 6.45) is 0.556. The van der Waals surface area contributed by atoms with Gasteiger partial charge in [-0.05, 0) is 43.7 Å². The van der Waals surface area contributed by atoms with Gasteiger partial charge in [-0.2, -0.15) is 0 Å². The molecule has 0 aliphatic rings. The van der Waals surface area contributed by atoms with Crippen molar-refractivity contribution in [2.24, 2.45) is 0 Å². The van der Waals surface area contributed by atoms with Gasteiger partial charge in [0.25, 0.3) is 0 Å². The highest BCUT2D eigenvalue weighted by molar-refractivity contribution is 5.24. The van der Waals surface area contributed by atoms with Crippen LogP contribution in [0.3, 0.4) is 0 Å². The maximum atomic E-state index is 10.3. The van der Waals surface area contributed by atoms with E-state index in [0.717, 1.165) is 29.9 Å². The second kappa shape index (κ2) is 7.34. The molecule has 1 N–H and O–H groups in total. The zero-order valence-electron chi connectivity index (χ0n) is 13.1. The molecule has 0 amide bonds. The number of aromatic nitrogens is 1. The topological polar surface area (TPSA) is 36.4 Å². The summed E-state index contributed by atoms with van der Waals surface area (Å²) in [7, 11) is 2.01. The van der Waals surface area contributed by atoms with Crippen molar-refractivity contribution in [3.8, 4) is 0 Å². The number of benzene rings is 1. The van der Waals surface area contributed by atoms with E-state index in [4.69, 9.17) is 0 Å². The van der Waals surface area contributed by atoms with Crippen LogP contribution in [0.4, 0.5) is 0 Å². The third-order valence-corrected chi connectivity index (χ3v) is 3.64. The van der Waals surface area contributed by atoms with E-state index in [9.17, 15) is 5.11 Å². The molecule has 1 atom stereocenters. The lowest BCUT2D eigenvalue weighted by Gasteiger charge is -2.20. The van der Waals surface area contributed by atoms with Crippen molar-refractivity contribution in [3.05, 3.63) is 65.0 Å². The van der Waals surface area contributed by atoms with Crippen LogP contribution in [-0.2, 0) is 13.0 Å². The summed E-state index contributed by atoms with van der Waals surface area (Å²) < 4.78 is 0. The minimum Gasteiger partial charge on any atom is -0.387 e. The molecule has 0 aliphatic carbocycles. The van der Waals surface area contributed by atoms with Gasteiger partial charge in [-0.15, -0.1) is 0 Å². The Bertz CT molecular complexity index is 566. The van der Waals surface area contributed by atoms with Crippen LogP contribution >= 0.6 is 0 Å². The van der Waals surface area contributed by atoms with Gasteiger partial charge in [0.05, 0.1) is 11.8 Å². The van der Waals surface area contributed by atoms with Gasteiger partial charge in [0.1, 0.15) is 0 Å². The number of likely N-dealkylation sites (N-methyl/N-ethyl adjacent to an activating group) is 1. The molecule has 21 heavy (non-hydrogen) atoms. The molecule has 0 bridgehead atoms. The van der Waals surface area contributed by atoms with Crippen LogP contribution in [0.2, 0.25) is 0 Å². The molecule has 3 heteroatoms. The van der Waals surface area contributed by atoms with Crippen LogP contribution in [0.1, 0.15) is 35.5 Å². The van der Waals surface area contributed by atoms with Crippen LogP contribution in [0, 0.1) is 6.92 Å². The lowest BCUT2D eigenvalue weighted by molar-refractivity contribution is 0.123. The van der Waals surface area contributed by atoms with E-state index < -0.39 is 6.10 Å². The number of pyridine rings is 1. The number of hydrogen-bond acceptors (Lipinski definition) is 3. The molecule has 0 fully saturated rings. The van der Waals surface area contributed by atoms with Crippen molar-refractivity contribution in [1.29, 1.82) is 0 Å². The summed E-state index contributed by atoms with van der Waals surface area (Å²) in [5.74, 6) is 0. The molecule has 2 rings (SSSR count). The normalized spacial score (nSPS) is 12.6. The smallest absolute Gasteiger partial charge is 0.0916 e. The van der Waals surface area contributed by atoms with Gasteiger partial charge in [-0.25, -0.2) is 0 Å². The molecule has 1 heterocycles. The second-order valence-electron chi connectivity index (χ2n) is 5.58. The van der Waals surface area contributed by atoms with Crippen molar-refractivity contribution in [3.63, 3.8) is 0 Å². The largest absolute Gasteiger partial charge is 0.387 e. The first kappa shape index (κ1) is 15.7. The predicted octanol–water partition coefficient (Wildman–Crippen LogP) is 3.12. The minimum absolute atomic E-state index is 0.467. The number of aryl methyl sites for hydroxylation is 2. The maximum Gasteiger partial charge on any atom is 0.0916 e. The van der Waals surface area contributed by atoms with Crippen LogP contribution in [0.25, 0.3) is 0 Å². The van der Waals surface area contributed by atoms with Gasteiger partial charge in [0, 0.05) is 18.8 Å². The first-order chi connectivity index (χ1) is 10.1. The summed E-state index contributed by atoms with van der Waals surface area (Å²) in [5.41, 5.74) is 4.32. The monoisotopic (exact) mass is 284 g/mol. The Labute approximate surface area is 127 Å². The molecule has 0 aliphatic heterocycles. The lowest BCUT2D eigenvalue weighted by atomic mass is 10.1. The Morgan fingerprint density at radius 2 is 1.86 bits per heavy atom. The fraction of sp³-hybridized carbons (Fsp3) is 0.389. The van der Waals surface area contributed by atoms with Crippen LogP contribution in [-0.4, -0.2) is 28.6 Å². The quantitative estimate of drug-likeness (QED) is 0.885. The van der Waals surface area contributed by atoms with Crippen LogP contribution < -0.4 is 0 Å². The summed E-state index contributed by atoms with van der Waals surface area (Å²) >= 11 is 0. The standard InChI is InChI=1S/C18H24N2O/c1-4-15-8-10-16(11-9-15)18(21)13-20(3)12-17-7-5-6-14(2)19-17/h5-11,18,21H,4,12-13H2,1-3H3. The van der Waals surface area contributed by atoms with Crippen molar-refractivity contribution in [1.82, 2.24) is 9.88 Å². The van der Waals surface area contributed by atoms with E-state index in [-0.39, 0.29) is 0 Å². The molecule has 0 saturated heterocycles. The Balaban J connectivity index is 1.93. The van der Waals surface area contributed by atoms with Crippen molar-refractivity contribution in [2.75, 3.05) is 13.6 Å². The number of nitrogens with zero attached hydrogens (tertiary/aromatic N) is 2. The molecular weight excluding hydrogens is 260 g/mol. The fourth-order valence-corrected chi connectivity index (χ4v) is 2.40. The summed E-state index contributed by atoms with van der Waals surface area (Å²) in [4.78, 5) is 6.59. The molecular formula is C18H24N2O. The minimum atomic E-state index is -0.467. The van der Waals surface area contributed by atoms with Crippen molar-refractivity contribution < 1.29 is 5.11 Å². The van der Waals surface area contributed by atoms with E-state index >= 15 is 0 Å². The first-order valence-electron chi connectivity index (χ1n) is 7.46. The van der Waals surface area contributed by atoms with E-state index in [2.05, 4.69) is 28.9 Å². The molecule has 1 aromatic carbocycles. The molecule has 3 nitrogen and oxygen atoms in total. The Morgan fingerprint density at radius 3 is 2.48 bits per heavy atom. The van der Waals surface area contributed by atoms with Crippen LogP contribution in [0.15, 0.2) is 42.5 Å². The van der Waals surface area contributed by atoms with Gasteiger partial charge in [0.15, 0.2) is 0 Å². The van der Waals surface area contributed by atoms with E-state index in [1.54, 1.807) is 0 Å². The molecule has 112 valence electrons. The second-order valence-corrected chi connectivity index (χ2v) is 5.58. The number of aliphatic hydroxyl groups excluding tert-OH is 1. The van der Waals surface area contributed by atoms with Crippen molar-refractivity contribution in [2.45, 2.75) is 32.9 Å². The van der Waals surface area contributed by atoms with Gasteiger partial charge >= 0.3 is 0 Å². The Morgan fingerprint density at radius 1 is 1.14 bits per heavy atom. The SMILES string of the molecule is CCc1ccc(C(O)CN(C)Cc2cccc(C)n2)cc1. The average Bonchev–Trinajstić information content (AvgIpc) is 2.47. The van der Waals surface area contributed by atoms with Gasteiger partial charge < -0.3 is 5.11 Å². The van der Waals surface area contributed by atoms with Crippen LogP contribution in [0.5, 0.6) is 0 Å². The molecule has 1 aromatic heterocycles. The number of aliphatic hydroxyl groups is 1. The molecule has 2 aromatic rings. The molecule has 1 unspecified atom stereocenters. The third-order valence-electron chi connectivity index (χ3n) is 3.64. The van der Waals surface area contributed by atoms with Gasteiger partial charge in [0.2, 0.25) is 0 Å². The highest BCUT2D eigenvalue weighted by atomic mass is 16.3. The highest BCUT2D eigenvalue weighted by Gasteiger charge is 2.11.